The fraction of sp³-hybridized carbons (Fsp3) is 0.615. The van der Waals surface area contributed by atoms with Gasteiger partial charge in [-0.2, -0.15) is 11.8 Å². The van der Waals surface area contributed by atoms with Gasteiger partial charge in [-0.1, -0.05) is 59.3 Å². The lowest BCUT2D eigenvalue weighted by Crippen LogP contribution is -2.04. The van der Waals surface area contributed by atoms with E-state index in [1.165, 1.54) is 32.1 Å². The van der Waals surface area contributed by atoms with Gasteiger partial charge in [0.05, 0.1) is 30.7 Å². The molecule has 0 heterocycles. The first-order chi connectivity index (χ1) is 16.0. The van der Waals surface area contributed by atoms with Crippen molar-refractivity contribution in [2.45, 2.75) is 77.4 Å². The molecular formula is C26H40N2O4S. The first-order valence-electron chi connectivity index (χ1n) is 12.1. The van der Waals surface area contributed by atoms with Crippen LogP contribution in [0.4, 0.5) is 11.4 Å². The van der Waals surface area contributed by atoms with E-state index >= 15 is 0 Å². The summed E-state index contributed by atoms with van der Waals surface area (Å²) in [7, 11) is 3.22. The summed E-state index contributed by atoms with van der Waals surface area (Å²) < 4.78 is 11.6. The molecule has 0 bridgehead atoms. The average molecular weight is 477 g/mol. The molecule has 2 aromatic carbocycles. The molecule has 2 aromatic rings. The predicted octanol–water partition coefficient (Wildman–Crippen LogP) is 8.63. The van der Waals surface area contributed by atoms with Gasteiger partial charge in [0.25, 0.3) is 0 Å². The number of fused-ring (bicyclic) bond motifs is 1. The summed E-state index contributed by atoms with van der Waals surface area (Å²) in [4.78, 5) is 11.7. The Morgan fingerprint density at radius 3 is 2.36 bits per heavy atom. The van der Waals surface area contributed by atoms with Crippen molar-refractivity contribution in [1.82, 2.24) is 0 Å². The number of rotatable bonds is 16. The van der Waals surface area contributed by atoms with Gasteiger partial charge in [0.1, 0.15) is 17.2 Å². The predicted molar refractivity (Wildman–Crippen MR) is 141 cm³/mol. The maximum atomic E-state index is 11.7. The number of nitrogens with one attached hydrogen (secondary N) is 1. The summed E-state index contributed by atoms with van der Waals surface area (Å²) in [6, 6.07) is 5.21. The lowest BCUT2D eigenvalue weighted by molar-refractivity contribution is 0.388. The van der Waals surface area contributed by atoms with E-state index in [1.54, 1.807) is 26.4 Å². The number of nitrogens with zero attached hydrogens (tertiary/aromatic N) is 1. The van der Waals surface area contributed by atoms with Gasteiger partial charge in [0.2, 0.25) is 0 Å². The highest BCUT2D eigenvalue weighted by molar-refractivity contribution is 7.99. The Bertz CT molecular complexity index is 888. The third kappa shape index (κ3) is 7.24. The van der Waals surface area contributed by atoms with Crippen LogP contribution in [0.3, 0.4) is 0 Å². The molecule has 7 heteroatoms. The Morgan fingerprint density at radius 1 is 1.03 bits per heavy atom. The van der Waals surface area contributed by atoms with Crippen LogP contribution in [0.2, 0.25) is 0 Å². The molecule has 0 saturated carbocycles. The Labute approximate surface area is 202 Å². The molecule has 0 amide bonds. The maximum absolute atomic E-state index is 11.7. The molecule has 1 atom stereocenters. The van der Waals surface area contributed by atoms with E-state index in [9.17, 15) is 10.1 Å². The molecule has 0 spiro atoms. The van der Waals surface area contributed by atoms with Crippen LogP contribution in [0.25, 0.3) is 10.8 Å². The molecule has 0 aliphatic rings. The van der Waals surface area contributed by atoms with Crippen molar-refractivity contribution in [2.75, 3.05) is 25.5 Å². The van der Waals surface area contributed by atoms with Crippen LogP contribution < -0.4 is 15.0 Å². The summed E-state index contributed by atoms with van der Waals surface area (Å²) in [5.41, 5.74) is 3.95. The standard InChI is InChI=1S/C26H40N2O4S/c1-6-7-8-9-10-11-12-23(33-16-15-18(2)3)19-17-22(31-4)24-20(27-29)13-14-21(28-30)25(24)26(19)32-5/h13-14,17-18,23,27,29H,6-12,15-16H2,1-5H3. The van der Waals surface area contributed by atoms with Gasteiger partial charge in [-0.15, -0.1) is 4.91 Å². The van der Waals surface area contributed by atoms with Gasteiger partial charge >= 0.3 is 0 Å². The molecule has 0 saturated heterocycles. The van der Waals surface area contributed by atoms with E-state index in [1.807, 2.05) is 17.8 Å². The topological polar surface area (TPSA) is 80.1 Å². The van der Waals surface area contributed by atoms with E-state index < -0.39 is 0 Å². The molecule has 6 nitrogen and oxygen atoms in total. The van der Waals surface area contributed by atoms with Crippen LogP contribution in [0.1, 0.15) is 83.0 Å². The van der Waals surface area contributed by atoms with E-state index in [-0.39, 0.29) is 10.9 Å². The van der Waals surface area contributed by atoms with Crippen molar-refractivity contribution in [3.05, 3.63) is 28.7 Å². The Kier molecular flexibility index (Phi) is 11.8. The van der Waals surface area contributed by atoms with Crippen molar-refractivity contribution in [2.24, 2.45) is 11.1 Å². The smallest absolute Gasteiger partial charge is 0.133 e. The van der Waals surface area contributed by atoms with Crippen LogP contribution in [-0.2, 0) is 0 Å². The highest BCUT2D eigenvalue weighted by Crippen LogP contribution is 2.50. The van der Waals surface area contributed by atoms with Crippen LogP contribution in [0.15, 0.2) is 23.4 Å². The van der Waals surface area contributed by atoms with Crippen LogP contribution in [0, 0.1) is 10.8 Å². The van der Waals surface area contributed by atoms with Crippen LogP contribution in [-0.4, -0.2) is 25.2 Å². The lowest BCUT2D eigenvalue weighted by atomic mass is 9.96. The number of ether oxygens (including phenoxy) is 2. The fourth-order valence-corrected chi connectivity index (χ4v) is 5.75. The van der Waals surface area contributed by atoms with Gasteiger partial charge in [0, 0.05) is 10.8 Å². The molecule has 33 heavy (non-hydrogen) atoms. The summed E-state index contributed by atoms with van der Waals surface area (Å²) in [6.07, 6.45) is 9.63. The molecule has 1 unspecified atom stereocenters. The van der Waals surface area contributed by atoms with Crippen molar-refractivity contribution < 1.29 is 14.7 Å². The summed E-state index contributed by atoms with van der Waals surface area (Å²) in [5.74, 6) is 2.91. The van der Waals surface area contributed by atoms with Crippen molar-refractivity contribution in [3.63, 3.8) is 0 Å². The Balaban J connectivity index is 2.50. The molecule has 0 aliphatic heterocycles. The zero-order valence-corrected chi connectivity index (χ0v) is 21.6. The monoisotopic (exact) mass is 476 g/mol. The first-order valence-corrected chi connectivity index (χ1v) is 13.1. The van der Waals surface area contributed by atoms with Gasteiger partial charge < -0.3 is 9.47 Å². The quantitative estimate of drug-likeness (QED) is 0.143. The minimum Gasteiger partial charge on any atom is -0.496 e. The van der Waals surface area contributed by atoms with Gasteiger partial charge in [-0.25, -0.2) is 0 Å². The third-order valence-electron chi connectivity index (χ3n) is 6.03. The summed E-state index contributed by atoms with van der Waals surface area (Å²) >= 11 is 1.94. The normalized spacial score (nSPS) is 12.2. The van der Waals surface area contributed by atoms with Crippen LogP contribution in [0.5, 0.6) is 11.5 Å². The first kappa shape index (κ1) is 27.3. The second-order valence-corrected chi connectivity index (χ2v) is 10.2. The lowest BCUT2D eigenvalue weighted by Gasteiger charge is -2.24. The van der Waals surface area contributed by atoms with Crippen LogP contribution >= 0.6 is 11.8 Å². The van der Waals surface area contributed by atoms with Gasteiger partial charge in [-0.05, 0) is 47.9 Å². The molecule has 0 aromatic heterocycles. The summed E-state index contributed by atoms with van der Waals surface area (Å²) in [5, 5.41) is 14.3. The number of anilines is 1. The molecular weight excluding hydrogens is 436 g/mol. The summed E-state index contributed by atoms with van der Waals surface area (Å²) in [6.45, 7) is 6.73. The Hall–Kier alpha value is -1.99. The number of benzene rings is 2. The third-order valence-corrected chi connectivity index (χ3v) is 7.39. The van der Waals surface area contributed by atoms with Gasteiger partial charge in [0.15, 0.2) is 0 Å². The molecule has 0 fully saturated rings. The number of nitroso groups, excluding NO2 is 1. The van der Waals surface area contributed by atoms with Crippen molar-refractivity contribution >= 4 is 33.9 Å². The number of thioether (sulfide) groups is 1. The zero-order chi connectivity index (χ0) is 24.2. The van der Waals surface area contributed by atoms with E-state index in [0.29, 0.717) is 33.9 Å². The average Bonchev–Trinajstić information content (AvgIpc) is 2.82. The maximum Gasteiger partial charge on any atom is 0.133 e. The second kappa shape index (κ2) is 14.3. The molecule has 0 aliphatic carbocycles. The Morgan fingerprint density at radius 2 is 1.76 bits per heavy atom. The molecule has 2 rings (SSSR count). The van der Waals surface area contributed by atoms with E-state index in [4.69, 9.17) is 9.47 Å². The number of methoxy groups -OCH3 is 2. The highest BCUT2D eigenvalue weighted by Gasteiger charge is 2.25. The number of hydrogen-bond donors (Lipinski definition) is 2. The van der Waals surface area contributed by atoms with Gasteiger partial charge in [-0.3, -0.25) is 10.7 Å². The minimum absolute atomic E-state index is 0.216. The minimum atomic E-state index is 0.216. The zero-order valence-electron chi connectivity index (χ0n) is 20.8. The number of hydrogen-bond acceptors (Lipinski definition) is 7. The largest absolute Gasteiger partial charge is 0.496 e. The van der Waals surface area contributed by atoms with E-state index in [0.717, 1.165) is 30.6 Å². The molecule has 184 valence electrons. The highest BCUT2D eigenvalue weighted by atomic mass is 32.2. The molecule has 2 N–H and O–H groups in total. The second-order valence-electron chi connectivity index (χ2n) is 8.89. The fourth-order valence-electron chi connectivity index (χ4n) is 4.17. The van der Waals surface area contributed by atoms with Crippen molar-refractivity contribution in [3.8, 4) is 11.5 Å². The molecule has 0 radical (unpaired) electrons. The number of unbranched alkanes of at least 4 members (excludes halogenated alkanes) is 5. The van der Waals surface area contributed by atoms with Crippen molar-refractivity contribution in [1.29, 1.82) is 0 Å². The van der Waals surface area contributed by atoms with E-state index in [2.05, 4.69) is 31.4 Å². The SMILES string of the molecule is CCCCCCCCC(SCCC(C)C)c1cc(OC)c2c(NO)ccc(N=O)c2c1OC.